The van der Waals surface area contributed by atoms with Crippen molar-refractivity contribution in [1.29, 1.82) is 0 Å². The zero-order chi connectivity index (χ0) is 43.2. The molecule has 0 atom stereocenters. The molecule has 4 nitrogen and oxygen atoms in total. The van der Waals surface area contributed by atoms with E-state index < -0.39 is 23.1 Å². The molecule has 2 aromatic heterocycles. The number of nitrogens with zero attached hydrogens (tertiary/aromatic N) is 3. The molecular formula is C51H43BCuF4N3OP2+2. The van der Waals surface area contributed by atoms with Crippen molar-refractivity contribution in [2.45, 2.75) is 6.92 Å². The second-order valence-electron chi connectivity index (χ2n) is 13.9. The summed E-state index contributed by atoms with van der Waals surface area (Å²) in [6.07, 6.45) is 1.95. The summed E-state index contributed by atoms with van der Waals surface area (Å²) >= 11 is 0. The van der Waals surface area contributed by atoms with E-state index >= 15 is 0 Å². The molecule has 0 radical (unpaired) electrons. The molecule has 0 fully saturated rings. The van der Waals surface area contributed by atoms with Crippen LogP contribution in [0.2, 0.25) is 0 Å². The predicted molar refractivity (Wildman–Crippen MR) is 255 cm³/mol. The van der Waals surface area contributed by atoms with Gasteiger partial charge in [-0.15, -0.1) is 0 Å². The van der Waals surface area contributed by atoms with Gasteiger partial charge in [-0.3, -0.25) is 4.98 Å². The standard InChI is InChI=1S/C36H28OP2.C15H13N3.BF4.Cu/c1-5-17-29(18-6-1)38(30-19-7-2-8-20-30)35-27-15-13-25-33(35)37-34-26-14-16-28-36(34)39(31-21-9-3-10-22-31)32-23-11-4-12-24-32;1-12-6-5-9-14(16-12)15-10-11-18(17-15)13-7-3-2-4-8-13;2-1(3,4)5;/h1-28H;2-11H,1H3;;/q;;-1;+1/p+2. The number of halogens is 4. The fraction of sp³-hybridized carbons (Fsp3) is 0.0196. The second-order valence-corrected chi connectivity index (χ2v) is 18.8. The SMILES string of the molecule is Cc1cccc(-c2ccn(-c3ccccc3)n2)n1.F[B-](F)(F)F.[Cu+].c1ccc([PH+](c2ccccc2)c2ccccc2Oc2ccccc2[PH+](c2ccccc2)c2ccccc2)cc1. The number of rotatable bonds is 10. The molecule has 0 saturated carbocycles. The Labute approximate surface area is 378 Å². The zero-order valence-corrected chi connectivity index (χ0v) is 37.0. The molecule has 0 aliphatic carbocycles. The van der Waals surface area contributed by atoms with Gasteiger partial charge in [0.1, 0.15) is 53.4 Å². The Morgan fingerprint density at radius 3 is 1.19 bits per heavy atom. The van der Waals surface area contributed by atoms with Gasteiger partial charge in [0.25, 0.3) is 0 Å². The average molecular weight is 926 g/mol. The third-order valence-corrected chi connectivity index (χ3v) is 15.1. The smallest absolute Gasteiger partial charge is 0.449 e. The molecule has 9 aromatic rings. The zero-order valence-electron chi connectivity index (χ0n) is 34.1. The summed E-state index contributed by atoms with van der Waals surface area (Å²) in [5.41, 5.74) is 3.85. The van der Waals surface area contributed by atoms with Gasteiger partial charge >= 0.3 is 24.3 Å². The van der Waals surface area contributed by atoms with Crippen LogP contribution in [0.3, 0.4) is 0 Å². The summed E-state index contributed by atoms with van der Waals surface area (Å²) in [4.78, 5) is 4.47. The minimum atomic E-state index is -6.00. The van der Waals surface area contributed by atoms with Crippen LogP contribution in [0.4, 0.5) is 17.3 Å². The molecule has 2 heterocycles. The van der Waals surface area contributed by atoms with Crippen molar-refractivity contribution in [3.8, 4) is 28.6 Å². The van der Waals surface area contributed by atoms with Crippen molar-refractivity contribution in [2.24, 2.45) is 0 Å². The van der Waals surface area contributed by atoms with Crippen molar-refractivity contribution in [3.63, 3.8) is 0 Å². The topological polar surface area (TPSA) is 39.9 Å². The molecule has 0 spiro atoms. The van der Waals surface area contributed by atoms with Crippen molar-refractivity contribution in [1.82, 2.24) is 14.8 Å². The monoisotopic (exact) mass is 925 g/mol. The number of aryl methyl sites for hydroxylation is 1. The number of hydrogen-bond donors (Lipinski definition) is 0. The van der Waals surface area contributed by atoms with Gasteiger partial charge < -0.3 is 22.0 Å². The summed E-state index contributed by atoms with van der Waals surface area (Å²) < 4.78 is 47.8. The Morgan fingerprint density at radius 1 is 0.429 bits per heavy atom. The predicted octanol–water partition coefficient (Wildman–Crippen LogP) is 11.0. The first-order chi connectivity index (χ1) is 30.2. The maximum atomic E-state index is 9.75. The largest absolute Gasteiger partial charge is 1.00 e. The van der Waals surface area contributed by atoms with E-state index in [-0.39, 0.29) is 17.1 Å². The fourth-order valence-electron chi connectivity index (χ4n) is 6.89. The van der Waals surface area contributed by atoms with Crippen LogP contribution in [0.15, 0.2) is 231 Å². The Bertz CT molecular complexity index is 2540. The van der Waals surface area contributed by atoms with E-state index in [0.717, 1.165) is 34.3 Å². The molecule has 0 unspecified atom stereocenters. The van der Waals surface area contributed by atoms with Crippen molar-refractivity contribution < 1.29 is 39.1 Å². The quantitative estimate of drug-likeness (QED) is 0.0779. The molecule has 0 amide bonds. The normalized spacial score (nSPS) is 10.8. The van der Waals surface area contributed by atoms with Crippen molar-refractivity contribution >= 4 is 54.9 Å². The van der Waals surface area contributed by atoms with E-state index in [4.69, 9.17) is 4.74 Å². The van der Waals surface area contributed by atoms with Gasteiger partial charge in [-0.1, -0.05) is 121 Å². The molecular weight excluding hydrogens is 883 g/mol. The van der Waals surface area contributed by atoms with Gasteiger partial charge in [-0.05, 0) is 110 Å². The van der Waals surface area contributed by atoms with E-state index in [9.17, 15) is 17.3 Å². The first kappa shape index (κ1) is 46.4. The Hall–Kier alpha value is -6.14. The van der Waals surface area contributed by atoms with Crippen LogP contribution in [-0.2, 0) is 17.1 Å². The van der Waals surface area contributed by atoms with Crippen LogP contribution in [0.5, 0.6) is 11.5 Å². The van der Waals surface area contributed by atoms with Gasteiger partial charge in [-0.2, -0.15) is 5.10 Å². The molecule has 0 N–H and O–H groups in total. The van der Waals surface area contributed by atoms with Crippen LogP contribution in [-0.4, -0.2) is 22.0 Å². The first-order valence-electron chi connectivity index (χ1n) is 20.0. The number of aromatic nitrogens is 3. The molecule has 9 rings (SSSR count). The average Bonchev–Trinajstić information content (AvgIpc) is 3.80. The molecule has 63 heavy (non-hydrogen) atoms. The third kappa shape index (κ3) is 13.2. The van der Waals surface area contributed by atoms with E-state index in [1.807, 2.05) is 72.4 Å². The fourth-order valence-corrected chi connectivity index (χ4v) is 12.2. The summed E-state index contributed by atoms with van der Waals surface area (Å²) in [6.45, 7) is 1.98. The van der Waals surface area contributed by atoms with Gasteiger partial charge in [0.15, 0.2) is 11.5 Å². The number of para-hydroxylation sites is 3. The van der Waals surface area contributed by atoms with Crippen LogP contribution in [0, 0.1) is 6.92 Å². The molecule has 318 valence electrons. The summed E-state index contributed by atoms with van der Waals surface area (Å²) in [6, 6.07) is 78.6. The minimum Gasteiger partial charge on any atom is -0.449 e. The molecule has 0 saturated heterocycles. The summed E-state index contributed by atoms with van der Waals surface area (Å²) in [7, 11) is -8.56. The Balaban J connectivity index is 0.000000228. The maximum Gasteiger partial charge on any atom is 1.00 e. The van der Waals surface area contributed by atoms with Crippen molar-refractivity contribution in [3.05, 3.63) is 236 Å². The van der Waals surface area contributed by atoms with E-state index in [0.29, 0.717) is 0 Å². The minimum absolute atomic E-state index is 0. The molecule has 0 aliphatic heterocycles. The molecule has 0 aliphatic rings. The second kappa shape index (κ2) is 22.8. The molecule has 12 heteroatoms. The molecule has 0 bridgehead atoms. The van der Waals surface area contributed by atoms with E-state index in [2.05, 4.69) is 180 Å². The summed E-state index contributed by atoms with van der Waals surface area (Å²) in [5, 5.41) is 12.4. The van der Waals surface area contributed by atoms with Crippen LogP contribution >= 0.6 is 15.8 Å². The van der Waals surface area contributed by atoms with Gasteiger partial charge in [-0.25, -0.2) is 4.68 Å². The Morgan fingerprint density at radius 2 is 0.794 bits per heavy atom. The number of ether oxygens (including phenoxy) is 1. The summed E-state index contributed by atoms with van der Waals surface area (Å²) in [5.74, 6) is 1.85. The van der Waals surface area contributed by atoms with Gasteiger partial charge in [0.2, 0.25) is 0 Å². The van der Waals surface area contributed by atoms with Crippen LogP contribution < -0.4 is 36.6 Å². The van der Waals surface area contributed by atoms with Crippen LogP contribution in [0.1, 0.15) is 5.69 Å². The first-order valence-corrected chi connectivity index (χ1v) is 23.0. The molecule has 7 aromatic carbocycles. The van der Waals surface area contributed by atoms with Gasteiger partial charge in [0, 0.05) is 11.9 Å². The maximum absolute atomic E-state index is 9.75. The number of benzene rings is 7. The third-order valence-electron chi connectivity index (χ3n) is 9.54. The Kier molecular flexibility index (Phi) is 16.8. The van der Waals surface area contributed by atoms with Crippen LogP contribution in [0.25, 0.3) is 17.1 Å². The van der Waals surface area contributed by atoms with E-state index in [1.165, 1.54) is 31.8 Å². The number of hydrogen-bond acceptors (Lipinski definition) is 3. The van der Waals surface area contributed by atoms with Crippen molar-refractivity contribution in [2.75, 3.05) is 0 Å². The van der Waals surface area contributed by atoms with Gasteiger partial charge in [0.05, 0.1) is 11.4 Å². The number of pyridine rings is 1. The van der Waals surface area contributed by atoms with E-state index in [1.54, 1.807) is 0 Å².